The summed E-state index contributed by atoms with van der Waals surface area (Å²) in [4.78, 5) is 24.4. The van der Waals surface area contributed by atoms with E-state index in [1.807, 2.05) is 25.1 Å². The lowest BCUT2D eigenvalue weighted by Crippen LogP contribution is -2.36. The van der Waals surface area contributed by atoms with Crippen LogP contribution in [0.4, 0.5) is 0 Å². The van der Waals surface area contributed by atoms with Crippen molar-refractivity contribution < 1.29 is 4.79 Å². The molecule has 1 aromatic carbocycles. The maximum atomic E-state index is 12.2. The summed E-state index contributed by atoms with van der Waals surface area (Å²) >= 11 is 5.84. The Morgan fingerprint density at radius 3 is 2.58 bits per heavy atom. The fraction of sp³-hybridized carbons (Fsp3) is 0.294. The van der Waals surface area contributed by atoms with Crippen LogP contribution in [0.25, 0.3) is 0 Å². The minimum absolute atomic E-state index is 0.0149. The van der Waals surface area contributed by atoms with Gasteiger partial charge in [-0.1, -0.05) is 23.7 Å². The van der Waals surface area contributed by atoms with Crippen LogP contribution in [0.1, 0.15) is 35.3 Å². The zero-order chi connectivity index (χ0) is 17.9. The maximum absolute atomic E-state index is 12.2. The molecule has 2 aromatic rings. The lowest BCUT2D eigenvalue weighted by molar-refractivity contribution is -0.122. The standard InChI is InChI=1S/C17H17ClN4O2/c1-10-11(2)21-22(17(24)15(10)8-19)9-16(23)20-12(3)13-4-6-14(18)7-5-13/h4-7,12H,9H2,1-3H3,(H,20,23)/t12-/m1/s1. The van der Waals surface area contributed by atoms with Gasteiger partial charge in [-0.05, 0) is 44.0 Å². The van der Waals surface area contributed by atoms with Crippen molar-refractivity contribution in [3.05, 3.63) is 62.0 Å². The van der Waals surface area contributed by atoms with Crippen molar-refractivity contribution in [3.8, 4) is 6.07 Å². The molecule has 6 nitrogen and oxygen atoms in total. The van der Waals surface area contributed by atoms with E-state index in [1.165, 1.54) is 0 Å². The normalized spacial score (nSPS) is 11.6. The lowest BCUT2D eigenvalue weighted by atomic mass is 10.1. The van der Waals surface area contributed by atoms with Crippen LogP contribution in [0, 0.1) is 25.2 Å². The first-order valence-electron chi connectivity index (χ1n) is 7.36. The van der Waals surface area contributed by atoms with Crippen LogP contribution < -0.4 is 10.9 Å². The molecule has 0 fully saturated rings. The summed E-state index contributed by atoms with van der Waals surface area (Å²) in [5.41, 5.74) is 1.43. The first-order valence-corrected chi connectivity index (χ1v) is 7.74. The van der Waals surface area contributed by atoms with Crippen LogP contribution in [-0.4, -0.2) is 15.7 Å². The third-order valence-electron chi connectivity index (χ3n) is 3.79. The molecule has 0 bridgehead atoms. The quantitative estimate of drug-likeness (QED) is 0.921. The molecule has 0 saturated carbocycles. The SMILES string of the molecule is Cc1nn(CC(=O)N[C@H](C)c2ccc(Cl)cc2)c(=O)c(C#N)c1C. The topological polar surface area (TPSA) is 87.8 Å². The number of halogens is 1. The number of nitriles is 1. The highest BCUT2D eigenvalue weighted by atomic mass is 35.5. The molecule has 0 aliphatic rings. The first-order chi connectivity index (χ1) is 11.3. The van der Waals surface area contributed by atoms with Crippen LogP contribution in [0.2, 0.25) is 5.02 Å². The fourth-order valence-electron chi connectivity index (χ4n) is 2.27. The number of nitrogens with zero attached hydrogens (tertiary/aromatic N) is 3. The zero-order valence-corrected chi connectivity index (χ0v) is 14.4. The summed E-state index contributed by atoms with van der Waals surface area (Å²) in [6.45, 7) is 4.95. The highest BCUT2D eigenvalue weighted by molar-refractivity contribution is 6.30. The largest absolute Gasteiger partial charge is 0.348 e. The van der Waals surface area contributed by atoms with Gasteiger partial charge < -0.3 is 5.32 Å². The van der Waals surface area contributed by atoms with Gasteiger partial charge in [0, 0.05) is 5.02 Å². The smallest absolute Gasteiger partial charge is 0.285 e. The number of rotatable bonds is 4. The highest BCUT2D eigenvalue weighted by Gasteiger charge is 2.15. The Kier molecular flexibility index (Phi) is 5.37. The number of aromatic nitrogens is 2. The Balaban J connectivity index is 2.16. The van der Waals surface area contributed by atoms with E-state index in [2.05, 4.69) is 10.4 Å². The van der Waals surface area contributed by atoms with E-state index in [0.29, 0.717) is 16.3 Å². The summed E-state index contributed by atoms with van der Waals surface area (Å²) in [5.74, 6) is -0.362. The maximum Gasteiger partial charge on any atom is 0.285 e. The second-order valence-electron chi connectivity index (χ2n) is 5.50. The van der Waals surface area contributed by atoms with Gasteiger partial charge in [-0.2, -0.15) is 10.4 Å². The first kappa shape index (κ1) is 17.7. The second-order valence-corrected chi connectivity index (χ2v) is 5.94. The summed E-state index contributed by atoms with van der Waals surface area (Å²) in [6.07, 6.45) is 0. The van der Waals surface area contributed by atoms with Crippen LogP contribution in [0.3, 0.4) is 0 Å². The van der Waals surface area contributed by atoms with Gasteiger partial charge in [-0.3, -0.25) is 9.59 Å². The van der Waals surface area contributed by atoms with Gasteiger partial charge >= 0.3 is 0 Å². The zero-order valence-electron chi connectivity index (χ0n) is 13.6. The van der Waals surface area contributed by atoms with E-state index in [9.17, 15) is 9.59 Å². The van der Waals surface area contributed by atoms with Gasteiger partial charge in [-0.15, -0.1) is 0 Å². The van der Waals surface area contributed by atoms with E-state index >= 15 is 0 Å². The molecule has 1 atom stereocenters. The average Bonchev–Trinajstić information content (AvgIpc) is 2.53. The molecule has 0 unspecified atom stereocenters. The highest BCUT2D eigenvalue weighted by Crippen LogP contribution is 2.15. The predicted octanol–water partition coefficient (Wildman–Crippen LogP) is 2.26. The van der Waals surface area contributed by atoms with Gasteiger partial charge in [-0.25, -0.2) is 4.68 Å². The fourth-order valence-corrected chi connectivity index (χ4v) is 2.39. The Morgan fingerprint density at radius 1 is 1.38 bits per heavy atom. The number of nitrogens with one attached hydrogen (secondary N) is 1. The number of amides is 1. The molecule has 1 heterocycles. The van der Waals surface area contributed by atoms with Gasteiger partial charge in [0.15, 0.2) is 0 Å². The molecule has 0 radical (unpaired) electrons. The van der Waals surface area contributed by atoms with Gasteiger partial charge in [0.25, 0.3) is 5.56 Å². The number of benzene rings is 1. The van der Waals surface area contributed by atoms with Crippen LogP contribution in [-0.2, 0) is 11.3 Å². The molecule has 0 saturated heterocycles. The molecule has 24 heavy (non-hydrogen) atoms. The van der Waals surface area contributed by atoms with E-state index in [0.717, 1.165) is 10.2 Å². The lowest BCUT2D eigenvalue weighted by Gasteiger charge is -2.15. The number of hydrogen-bond donors (Lipinski definition) is 1. The van der Waals surface area contributed by atoms with Crippen molar-refractivity contribution in [2.45, 2.75) is 33.4 Å². The van der Waals surface area contributed by atoms with Gasteiger partial charge in [0.2, 0.25) is 5.91 Å². The molecule has 0 spiro atoms. The molecule has 0 aliphatic carbocycles. The summed E-state index contributed by atoms with van der Waals surface area (Å²) in [6, 6.07) is 8.76. The van der Waals surface area contributed by atoms with E-state index < -0.39 is 5.56 Å². The molecular formula is C17H17ClN4O2. The summed E-state index contributed by atoms with van der Waals surface area (Å²) < 4.78 is 1.02. The summed E-state index contributed by atoms with van der Waals surface area (Å²) in [7, 11) is 0. The van der Waals surface area contributed by atoms with Crippen molar-refractivity contribution in [1.82, 2.24) is 15.1 Å². The second kappa shape index (κ2) is 7.28. The van der Waals surface area contributed by atoms with Gasteiger partial charge in [0.1, 0.15) is 18.2 Å². The Morgan fingerprint density at radius 2 is 2.00 bits per heavy atom. The van der Waals surface area contributed by atoms with E-state index in [-0.39, 0.29) is 24.1 Å². The van der Waals surface area contributed by atoms with Crippen LogP contribution in [0.5, 0.6) is 0 Å². The molecule has 1 amide bonds. The van der Waals surface area contributed by atoms with E-state index in [1.54, 1.807) is 26.0 Å². The monoisotopic (exact) mass is 344 g/mol. The van der Waals surface area contributed by atoms with Crippen LogP contribution >= 0.6 is 11.6 Å². The average molecular weight is 345 g/mol. The molecule has 1 N–H and O–H groups in total. The molecule has 7 heteroatoms. The third-order valence-corrected chi connectivity index (χ3v) is 4.04. The van der Waals surface area contributed by atoms with Crippen molar-refractivity contribution >= 4 is 17.5 Å². The number of carbonyl (C=O) groups excluding carboxylic acids is 1. The number of aryl methyl sites for hydroxylation is 1. The molecular weight excluding hydrogens is 328 g/mol. The predicted molar refractivity (Wildman–Crippen MR) is 90.7 cm³/mol. The number of hydrogen-bond acceptors (Lipinski definition) is 4. The Labute approximate surface area is 144 Å². The Hall–Kier alpha value is -2.65. The van der Waals surface area contributed by atoms with Crippen molar-refractivity contribution in [2.24, 2.45) is 0 Å². The Bertz CT molecular complexity index is 866. The number of carbonyl (C=O) groups is 1. The third kappa shape index (κ3) is 3.81. The van der Waals surface area contributed by atoms with Crippen molar-refractivity contribution in [3.63, 3.8) is 0 Å². The van der Waals surface area contributed by atoms with E-state index in [4.69, 9.17) is 16.9 Å². The minimum atomic E-state index is -0.560. The summed E-state index contributed by atoms with van der Waals surface area (Å²) in [5, 5.41) is 16.6. The molecule has 124 valence electrons. The van der Waals surface area contributed by atoms with Crippen molar-refractivity contribution in [2.75, 3.05) is 0 Å². The van der Waals surface area contributed by atoms with Crippen LogP contribution in [0.15, 0.2) is 29.1 Å². The van der Waals surface area contributed by atoms with Gasteiger partial charge in [0.05, 0.1) is 11.7 Å². The molecule has 0 aliphatic heterocycles. The molecule has 2 rings (SSSR count). The molecule has 1 aromatic heterocycles. The van der Waals surface area contributed by atoms with Crippen molar-refractivity contribution in [1.29, 1.82) is 5.26 Å². The minimum Gasteiger partial charge on any atom is -0.348 e.